The minimum Gasteiger partial charge on any atom is -0.258 e. The predicted molar refractivity (Wildman–Crippen MR) is 50.4 cm³/mol. The summed E-state index contributed by atoms with van der Waals surface area (Å²) in [6.07, 6.45) is 6.54. The van der Waals surface area contributed by atoms with Gasteiger partial charge in [-0.05, 0) is 6.07 Å². The minimum atomic E-state index is -0.466. The number of hydrogen-bond acceptors (Lipinski definition) is 4. The van der Waals surface area contributed by atoms with Crippen LogP contribution >= 0.6 is 11.8 Å². The second kappa shape index (κ2) is 4.48. The van der Waals surface area contributed by atoms with Crippen LogP contribution in [-0.4, -0.2) is 15.7 Å². The summed E-state index contributed by atoms with van der Waals surface area (Å²) in [5, 5.41) is 10.9. The van der Waals surface area contributed by atoms with Gasteiger partial charge in [0, 0.05) is 12.3 Å². The highest BCUT2D eigenvalue weighted by atomic mass is 32.2. The van der Waals surface area contributed by atoms with Gasteiger partial charge in [0.05, 0.1) is 10.7 Å². The molecule has 0 N–H and O–H groups in total. The fourth-order valence-electron chi connectivity index (χ4n) is 0.743. The van der Waals surface area contributed by atoms with Crippen LogP contribution in [0.25, 0.3) is 0 Å². The van der Waals surface area contributed by atoms with Gasteiger partial charge in [-0.15, -0.1) is 6.42 Å². The lowest BCUT2D eigenvalue weighted by atomic mass is 10.4. The topological polar surface area (TPSA) is 56.0 Å². The third-order valence-corrected chi connectivity index (χ3v) is 2.14. The number of aromatic nitrogens is 1. The van der Waals surface area contributed by atoms with E-state index in [1.54, 1.807) is 0 Å². The highest BCUT2D eigenvalue weighted by molar-refractivity contribution is 7.99. The number of terminal acetylenes is 1. The van der Waals surface area contributed by atoms with Gasteiger partial charge in [-0.25, -0.2) is 4.98 Å². The second-order valence-electron chi connectivity index (χ2n) is 2.08. The first-order valence-corrected chi connectivity index (χ1v) is 4.40. The molecule has 1 aromatic heterocycles. The van der Waals surface area contributed by atoms with Gasteiger partial charge in [-0.2, -0.15) is 0 Å². The molecular weight excluding hydrogens is 188 g/mol. The van der Waals surface area contributed by atoms with Crippen molar-refractivity contribution in [3.63, 3.8) is 0 Å². The van der Waals surface area contributed by atoms with Gasteiger partial charge in [0.1, 0.15) is 0 Å². The average molecular weight is 194 g/mol. The maximum absolute atomic E-state index is 10.5. The van der Waals surface area contributed by atoms with Gasteiger partial charge in [0.15, 0.2) is 5.03 Å². The zero-order valence-electron chi connectivity index (χ0n) is 6.64. The van der Waals surface area contributed by atoms with Gasteiger partial charge in [-0.3, -0.25) is 10.1 Å². The van der Waals surface area contributed by atoms with E-state index in [0.717, 1.165) is 0 Å². The first-order valence-electron chi connectivity index (χ1n) is 3.41. The van der Waals surface area contributed by atoms with Gasteiger partial charge < -0.3 is 0 Å². The smallest absolute Gasteiger partial charge is 0.258 e. The fraction of sp³-hybridized carbons (Fsp3) is 0.125. The number of rotatable bonds is 3. The van der Waals surface area contributed by atoms with Crippen LogP contribution in [0, 0.1) is 22.5 Å². The third kappa shape index (κ3) is 2.46. The molecule has 0 aliphatic heterocycles. The molecule has 0 radical (unpaired) electrons. The third-order valence-electron chi connectivity index (χ3n) is 1.24. The Morgan fingerprint density at radius 1 is 1.77 bits per heavy atom. The summed E-state index contributed by atoms with van der Waals surface area (Å²) < 4.78 is 0. The normalized spacial score (nSPS) is 9.15. The van der Waals surface area contributed by atoms with E-state index in [4.69, 9.17) is 6.42 Å². The van der Waals surface area contributed by atoms with Crippen LogP contribution in [0.15, 0.2) is 23.4 Å². The highest BCUT2D eigenvalue weighted by Gasteiger charge is 2.13. The van der Waals surface area contributed by atoms with Crippen LogP contribution in [0.2, 0.25) is 0 Å². The molecule has 1 rings (SSSR count). The van der Waals surface area contributed by atoms with Crippen LogP contribution in [-0.2, 0) is 0 Å². The Kier molecular flexibility index (Phi) is 3.29. The van der Waals surface area contributed by atoms with Crippen LogP contribution in [0.1, 0.15) is 0 Å². The number of thioether (sulfide) groups is 1. The number of nitrogens with zero attached hydrogens (tertiary/aromatic N) is 2. The van der Waals surface area contributed by atoms with Crippen LogP contribution < -0.4 is 0 Å². The summed E-state index contributed by atoms with van der Waals surface area (Å²) >= 11 is 1.19. The lowest BCUT2D eigenvalue weighted by Gasteiger charge is -1.97. The summed E-state index contributed by atoms with van der Waals surface area (Å²) in [6.45, 7) is 0. The first-order chi connectivity index (χ1) is 6.25. The number of hydrogen-bond donors (Lipinski definition) is 0. The van der Waals surface area contributed by atoms with Crippen molar-refractivity contribution in [2.45, 2.75) is 5.03 Å². The summed E-state index contributed by atoms with van der Waals surface area (Å²) in [4.78, 5) is 13.9. The molecule has 0 amide bonds. The Balaban J connectivity index is 2.92. The molecule has 0 saturated carbocycles. The Labute approximate surface area is 79.5 Å². The second-order valence-corrected chi connectivity index (χ2v) is 3.04. The van der Waals surface area contributed by atoms with E-state index >= 15 is 0 Å². The quantitative estimate of drug-likeness (QED) is 0.318. The first kappa shape index (κ1) is 9.55. The molecule has 0 unspecified atom stereocenters. The maximum Gasteiger partial charge on any atom is 0.301 e. The van der Waals surface area contributed by atoms with E-state index in [-0.39, 0.29) is 5.69 Å². The number of pyridine rings is 1. The van der Waals surface area contributed by atoms with Gasteiger partial charge in [-0.1, -0.05) is 17.7 Å². The molecule has 0 aliphatic carbocycles. The van der Waals surface area contributed by atoms with Gasteiger partial charge >= 0.3 is 5.69 Å². The molecule has 1 heterocycles. The van der Waals surface area contributed by atoms with Crippen LogP contribution in [0.4, 0.5) is 5.69 Å². The molecule has 13 heavy (non-hydrogen) atoms. The molecule has 1 aromatic rings. The minimum absolute atomic E-state index is 0.00255. The van der Waals surface area contributed by atoms with Gasteiger partial charge in [0.25, 0.3) is 0 Å². The van der Waals surface area contributed by atoms with Crippen molar-refractivity contribution < 1.29 is 4.92 Å². The Morgan fingerprint density at radius 2 is 2.54 bits per heavy atom. The van der Waals surface area contributed by atoms with E-state index < -0.39 is 4.92 Å². The van der Waals surface area contributed by atoms with Crippen molar-refractivity contribution in [2.75, 3.05) is 5.75 Å². The molecule has 0 aliphatic rings. The van der Waals surface area contributed by atoms with E-state index in [9.17, 15) is 10.1 Å². The molecule has 0 bridgehead atoms. The van der Waals surface area contributed by atoms with E-state index in [1.165, 1.54) is 30.1 Å². The largest absolute Gasteiger partial charge is 0.301 e. The van der Waals surface area contributed by atoms with E-state index in [0.29, 0.717) is 10.8 Å². The Bertz CT molecular complexity index is 359. The summed E-state index contributed by atoms with van der Waals surface area (Å²) in [5.74, 6) is 2.77. The highest BCUT2D eigenvalue weighted by Crippen LogP contribution is 2.25. The molecule has 4 nitrogen and oxygen atoms in total. The van der Waals surface area contributed by atoms with E-state index in [2.05, 4.69) is 10.9 Å². The monoisotopic (exact) mass is 194 g/mol. The maximum atomic E-state index is 10.5. The lowest BCUT2D eigenvalue weighted by molar-refractivity contribution is -0.388. The molecule has 0 aromatic carbocycles. The fourth-order valence-corrected chi connectivity index (χ4v) is 1.39. The number of nitro groups is 1. The predicted octanol–water partition coefficient (Wildman–Crippen LogP) is 1.72. The summed E-state index contributed by atoms with van der Waals surface area (Å²) in [6, 6.07) is 2.93. The van der Waals surface area contributed by atoms with Crippen molar-refractivity contribution in [2.24, 2.45) is 0 Å². The van der Waals surface area contributed by atoms with Crippen LogP contribution in [0.5, 0.6) is 0 Å². The summed E-state index contributed by atoms with van der Waals surface area (Å²) in [7, 11) is 0. The van der Waals surface area contributed by atoms with Crippen molar-refractivity contribution in [1.82, 2.24) is 4.98 Å². The molecule has 0 atom stereocenters. The van der Waals surface area contributed by atoms with Gasteiger partial charge in [0.2, 0.25) is 0 Å². The zero-order valence-corrected chi connectivity index (χ0v) is 7.45. The van der Waals surface area contributed by atoms with Crippen molar-refractivity contribution in [1.29, 1.82) is 0 Å². The van der Waals surface area contributed by atoms with Crippen molar-refractivity contribution in [3.8, 4) is 12.3 Å². The van der Waals surface area contributed by atoms with E-state index in [1.807, 2.05) is 0 Å². The SMILES string of the molecule is C#CCSc1ncccc1[N+](=O)[O-]. The lowest BCUT2D eigenvalue weighted by Crippen LogP contribution is -1.92. The summed E-state index contributed by atoms with van der Waals surface area (Å²) in [5.41, 5.74) is 0.00255. The molecule has 66 valence electrons. The molecule has 5 heteroatoms. The molecule has 0 saturated heterocycles. The molecule has 0 spiro atoms. The standard InChI is InChI=1S/C8H6N2O2S/c1-2-6-13-8-7(10(11)12)4-3-5-9-8/h1,3-5H,6H2. The van der Waals surface area contributed by atoms with Crippen LogP contribution in [0.3, 0.4) is 0 Å². The molecule has 0 fully saturated rings. The Hall–Kier alpha value is -1.54. The zero-order chi connectivity index (χ0) is 9.68. The Morgan fingerprint density at radius 3 is 3.15 bits per heavy atom. The van der Waals surface area contributed by atoms with Crippen molar-refractivity contribution >= 4 is 17.4 Å². The van der Waals surface area contributed by atoms with Crippen molar-refractivity contribution in [3.05, 3.63) is 28.4 Å². The molecular formula is C8H6N2O2S. The average Bonchev–Trinajstić information content (AvgIpc) is 2.15.